The first-order valence-electron chi connectivity index (χ1n) is 9.33. The van der Waals surface area contributed by atoms with E-state index in [1.54, 1.807) is 36.4 Å². The smallest absolute Gasteiger partial charge is 0.271 e. The van der Waals surface area contributed by atoms with E-state index in [1.165, 1.54) is 24.4 Å². The molecule has 0 radical (unpaired) electrons. The first kappa shape index (κ1) is 21.1. The number of rotatable bonds is 7. The van der Waals surface area contributed by atoms with Crippen LogP contribution < -0.4 is 20.1 Å². The summed E-state index contributed by atoms with van der Waals surface area (Å²) in [7, 11) is 0. The van der Waals surface area contributed by atoms with E-state index in [-0.39, 0.29) is 35.4 Å². The molecule has 10 nitrogen and oxygen atoms in total. The number of non-ortho nitro benzene ring substituents is 1. The average Bonchev–Trinajstić information content (AvgIpc) is 3.26. The Kier molecular flexibility index (Phi) is 6.17. The Labute approximate surface area is 186 Å². The molecule has 0 saturated heterocycles. The molecule has 11 heteroatoms. The van der Waals surface area contributed by atoms with Crippen molar-refractivity contribution in [2.45, 2.75) is 5.03 Å². The maximum absolute atomic E-state index is 12.7. The molecule has 2 N–H and O–H groups in total. The van der Waals surface area contributed by atoms with Gasteiger partial charge in [-0.3, -0.25) is 19.7 Å². The van der Waals surface area contributed by atoms with Gasteiger partial charge in [0.1, 0.15) is 5.03 Å². The van der Waals surface area contributed by atoms with Gasteiger partial charge in [0.05, 0.1) is 16.2 Å². The second-order valence-corrected chi connectivity index (χ2v) is 7.49. The molecular formula is C21H16N4O6S. The van der Waals surface area contributed by atoms with Crippen molar-refractivity contribution in [3.63, 3.8) is 0 Å². The molecule has 0 bridgehead atoms. The van der Waals surface area contributed by atoms with Crippen LogP contribution in [0.4, 0.5) is 17.1 Å². The van der Waals surface area contributed by atoms with E-state index in [0.717, 1.165) is 11.8 Å². The number of carbonyl (C=O) groups excluding carboxylic acids is 2. The molecule has 2 heterocycles. The number of amides is 2. The number of aromatic nitrogens is 1. The lowest BCUT2D eigenvalue weighted by Gasteiger charge is -2.10. The number of nitro benzene ring substituents is 1. The van der Waals surface area contributed by atoms with Crippen molar-refractivity contribution in [1.29, 1.82) is 0 Å². The first-order valence-corrected chi connectivity index (χ1v) is 10.3. The van der Waals surface area contributed by atoms with Crippen LogP contribution in [-0.4, -0.2) is 34.3 Å². The van der Waals surface area contributed by atoms with Crippen molar-refractivity contribution >= 4 is 40.6 Å². The molecule has 0 fully saturated rings. The lowest BCUT2D eigenvalue weighted by Crippen LogP contribution is -2.16. The Balaban J connectivity index is 1.39. The summed E-state index contributed by atoms with van der Waals surface area (Å²) in [5, 5.41) is 16.7. The second-order valence-electron chi connectivity index (χ2n) is 6.52. The number of hydrogen-bond acceptors (Lipinski definition) is 8. The Morgan fingerprint density at radius 2 is 1.84 bits per heavy atom. The topological polar surface area (TPSA) is 133 Å². The SMILES string of the molecule is O=C(CSc1ncccc1C(=O)Nc1cccc([N+](=O)[O-])c1)Nc1ccc2c(c1)OCO2. The van der Waals surface area contributed by atoms with Crippen LogP contribution in [0.25, 0.3) is 0 Å². The van der Waals surface area contributed by atoms with Crippen molar-refractivity contribution in [2.75, 3.05) is 23.2 Å². The zero-order valence-corrected chi connectivity index (χ0v) is 17.3. The van der Waals surface area contributed by atoms with Gasteiger partial charge in [0.2, 0.25) is 12.7 Å². The number of anilines is 2. The fourth-order valence-corrected chi connectivity index (χ4v) is 3.67. The zero-order valence-electron chi connectivity index (χ0n) is 16.4. The number of carbonyl (C=O) groups is 2. The minimum atomic E-state index is -0.542. The minimum Gasteiger partial charge on any atom is -0.454 e. The van der Waals surface area contributed by atoms with E-state index in [0.29, 0.717) is 22.2 Å². The fourth-order valence-electron chi connectivity index (χ4n) is 2.88. The van der Waals surface area contributed by atoms with Crippen LogP contribution in [-0.2, 0) is 4.79 Å². The summed E-state index contributed by atoms with van der Waals surface area (Å²) in [5.74, 6) is 0.412. The van der Waals surface area contributed by atoms with Gasteiger partial charge in [-0.25, -0.2) is 4.98 Å². The largest absolute Gasteiger partial charge is 0.454 e. The quantitative estimate of drug-likeness (QED) is 0.315. The molecule has 0 atom stereocenters. The predicted molar refractivity (Wildman–Crippen MR) is 117 cm³/mol. The molecular weight excluding hydrogens is 436 g/mol. The number of benzene rings is 2. The number of nitrogens with zero attached hydrogens (tertiary/aromatic N) is 2. The van der Waals surface area contributed by atoms with Crippen molar-refractivity contribution in [3.8, 4) is 11.5 Å². The van der Waals surface area contributed by atoms with E-state index in [1.807, 2.05) is 0 Å². The lowest BCUT2D eigenvalue weighted by atomic mass is 10.2. The third kappa shape index (κ3) is 4.95. The molecule has 4 rings (SSSR count). The molecule has 0 spiro atoms. The number of thioether (sulfide) groups is 1. The van der Waals surface area contributed by atoms with E-state index in [9.17, 15) is 19.7 Å². The molecule has 1 aliphatic rings. The standard InChI is InChI=1S/C21H16N4O6S/c26-19(23-14-6-7-17-18(10-14)31-12-30-17)11-32-21-16(5-2-8-22-21)20(27)24-13-3-1-4-15(9-13)25(28)29/h1-10H,11-12H2,(H,23,26)(H,24,27). The van der Waals surface area contributed by atoms with Gasteiger partial charge in [0, 0.05) is 35.8 Å². The van der Waals surface area contributed by atoms with E-state index < -0.39 is 10.8 Å². The summed E-state index contributed by atoms with van der Waals surface area (Å²) >= 11 is 1.10. The molecule has 2 aromatic carbocycles. The van der Waals surface area contributed by atoms with Crippen LogP contribution in [0.3, 0.4) is 0 Å². The highest BCUT2D eigenvalue weighted by atomic mass is 32.2. The van der Waals surface area contributed by atoms with Gasteiger partial charge in [-0.1, -0.05) is 17.8 Å². The molecule has 1 aromatic heterocycles. The highest BCUT2D eigenvalue weighted by Gasteiger charge is 2.17. The highest BCUT2D eigenvalue weighted by molar-refractivity contribution is 8.00. The predicted octanol–water partition coefficient (Wildman–Crippen LogP) is 3.70. The Morgan fingerprint density at radius 1 is 1.03 bits per heavy atom. The molecule has 162 valence electrons. The fraction of sp³-hybridized carbons (Fsp3) is 0.0952. The third-order valence-corrected chi connectivity index (χ3v) is 5.33. The Morgan fingerprint density at radius 3 is 2.69 bits per heavy atom. The molecule has 1 aliphatic heterocycles. The van der Waals surface area contributed by atoms with E-state index in [2.05, 4.69) is 15.6 Å². The monoisotopic (exact) mass is 452 g/mol. The van der Waals surface area contributed by atoms with Gasteiger partial charge in [-0.05, 0) is 30.3 Å². The highest BCUT2D eigenvalue weighted by Crippen LogP contribution is 2.34. The summed E-state index contributed by atoms with van der Waals surface area (Å²) in [6.07, 6.45) is 1.52. The summed E-state index contributed by atoms with van der Waals surface area (Å²) in [5.41, 5.74) is 0.956. The van der Waals surface area contributed by atoms with Crippen LogP contribution in [0.5, 0.6) is 11.5 Å². The van der Waals surface area contributed by atoms with Crippen LogP contribution >= 0.6 is 11.8 Å². The van der Waals surface area contributed by atoms with Crippen LogP contribution in [0, 0.1) is 10.1 Å². The lowest BCUT2D eigenvalue weighted by molar-refractivity contribution is -0.384. The zero-order chi connectivity index (χ0) is 22.5. The number of hydrogen-bond donors (Lipinski definition) is 2. The number of nitro groups is 1. The van der Waals surface area contributed by atoms with Gasteiger partial charge < -0.3 is 20.1 Å². The van der Waals surface area contributed by atoms with Gasteiger partial charge in [0.15, 0.2) is 11.5 Å². The molecule has 2 amide bonds. The van der Waals surface area contributed by atoms with Crippen molar-refractivity contribution in [2.24, 2.45) is 0 Å². The molecule has 0 saturated carbocycles. The Bertz CT molecular complexity index is 1200. The van der Waals surface area contributed by atoms with Crippen molar-refractivity contribution < 1.29 is 24.0 Å². The summed E-state index contributed by atoms with van der Waals surface area (Å²) in [6.45, 7) is 0.142. The molecule has 0 aliphatic carbocycles. The first-order chi connectivity index (χ1) is 15.5. The van der Waals surface area contributed by atoms with E-state index >= 15 is 0 Å². The molecule has 32 heavy (non-hydrogen) atoms. The van der Waals surface area contributed by atoms with Gasteiger partial charge >= 0.3 is 0 Å². The maximum Gasteiger partial charge on any atom is 0.271 e. The summed E-state index contributed by atoms with van der Waals surface area (Å²) in [6, 6.07) is 13.9. The number of nitrogens with one attached hydrogen (secondary N) is 2. The van der Waals surface area contributed by atoms with Crippen molar-refractivity contribution in [1.82, 2.24) is 4.98 Å². The van der Waals surface area contributed by atoms with Gasteiger partial charge in [-0.15, -0.1) is 0 Å². The summed E-state index contributed by atoms with van der Waals surface area (Å²) in [4.78, 5) is 39.6. The third-order valence-electron chi connectivity index (χ3n) is 4.33. The number of ether oxygens (including phenoxy) is 2. The number of pyridine rings is 1. The summed E-state index contributed by atoms with van der Waals surface area (Å²) < 4.78 is 10.5. The number of fused-ring (bicyclic) bond motifs is 1. The van der Waals surface area contributed by atoms with Gasteiger partial charge in [-0.2, -0.15) is 0 Å². The molecule has 3 aromatic rings. The average molecular weight is 452 g/mol. The molecule has 0 unspecified atom stereocenters. The minimum absolute atomic E-state index is 0.0164. The maximum atomic E-state index is 12.7. The van der Waals surface area contributed by atoms with Crippen LogP contribution in [0.1, 0.15) is 10.4 Å². The van der Waals surface area contributed by atoms with Crippen LogP contribution in [0.2, 0.25) is 0 Å². The van der Waals surface area contributed by atoms with Crippen molar-refractivity contribution in [3.05, 3.63) is 76.5 Å². The van der Waals surface area contributed by atoms with Crippen LogP contribution in [0.15, 0.2) is 65.8 Å². The Hall–Kier alpha value is -4.12. The van der Waals surface area contributed by atoms with E-state index in [4.69, 9.17) is 9.47 Å². The second kappa shape index (κ2) is 9.35. The normalized spacial score (nSPS) is 11.6. The van der Waals surface area contributed by atoms with Gasteiger partial charge in [0.25, 0.3) is 11.6 Å².